The molecule has 5 heteroatoms. The average Bonchev–Trinajstić information content (AvgIpc) is 2.89. The maximum absolute atomic E-state index is 11.1. The van der Waals surface area contributed by atoms with Gasteiger partial charge in [0, 0.05) is 6.20 Å². The molecule has 0 spiro atoms. The predicted octanol–water partition coefficient (Wildman–Crippen LogP) is 0.980. The van der Waals surface area contributed by atoms with Crippen molar-refractivity contribution in [3.05, 3.63) is 35.9 Å². The molecule has 82 valence electrons. The van der Waals surface area contributed by atoms with Gasteiger partial charge in [0.2, 0.25) is 0 Å². The van der Waals surface area contributed by atoms with Crippen LogP contribution in [0, 0.1) is 0 Å². The van der Waals surface area contributed by atoms with Crippen molar-refractivity contribution in [1.29, 1.82) is 0 Å². The Labute approximate surface area is 91.5 Å². The summed E-state index contributed by atoms with van der Waals surface area (Å²) in [6, 6.07) is 5.38. The summed E-state index contributed by atoms with van der Waals surface area (Å²) < 4.78 is 1.77. The van der Waals surface area contributed by atoms with Gasteiger partial charge >= 0.3 is 5.97 Å². The van der Waals surface area contributed by atoms with E-state index in [0.29, 0.717) is 11.3 Å². The molecule has 5 nitrogen and oxygen atoms in total. The summed E-state index contributed by atoms with van der Waals surface area (Å²) in [6.45, 7) is 0. The minimum Gasteiger partial charge on any atom is -0.476 e. The number of fused-ring (bicyclic) bond motifs is 1. The van der Waals surface area contributed by atoms with Crippen LogP contribution in [0.3, 0.4) is 0 Å². The Morgan fingerprint density at radius 2 is 2.25 bits per heavy atom. The molecule has 0 unspecified atom stereocenters. The van der Waals surface area contributed by atoms with Gasteiger partial charge in [0.1, 0.15) is 5.82 Å². The largest absolute Gasteiger partial charge is 0.476 e. The van der Waals surface area contributed by atoms with Gasteiger partial charge in [-0.15, -0.1) is 0 Å². The summed E-state index contributed by atoms with van der Waals surface area (Å²) in [5.74, 6) is -0.361. The third-order valence-corrected chi connectivity index (χ3v) is 2.98. The van der Waals surface area contributed by atoms with Crippen LogP contribution < -0.4 is 5.73 Å². The van der Waals surface area contributed by atoms with Crippen molar-refractivity contribution in [2.75, 3.05) is 0 Å². The van der Waals surface area contributed by atoms with Gasteiger partial charge in [-0.05, 0) is 25.0 Å². The fourth-order valence-corrected chi connectivity index (χ4v) is 1.90. The molecule has 0 aromatic carbocycles. The number of rotatable bonds is 2. The Kier molecular flexibility index (Phi) is 1.65. The summed E-state index contributed by atoms with van der Waals surface area (Å²) in [5, 5.41) is 9.07. The maximum atomic E-state index is 11.1. The van der Waals surface area contributed by atoms with Crippen LogP contribution in [-0.2, 0) is 5.54 Å². The van der Waals surface area contributed by atoms with Crippen LogP contribution >= 0.6 is 0 Å². The van der Waals surface area contributed by atoms with Crippen molar-refractivity contribution in [1.82, 2.24) is 9.38 Å². The molecule has 3 rings (SSSR count). The van der Waals surface area contributed by atoms with Gasteiger partial charge in [-0.2, -0.15) is 0 Å². The zero-order valence-electron chi connectivity index (χ0n) is 8.55. The molecule has 1 aliphatic rings. The SMILES string of the molecule is NC1(c2nc(C(=O)O)c3ccccn23)CC1. The lowest BCUT2D eigenvalue weighted by Gasteiger charge is -2.06. The van der Waals surface area contributed by atoms with E-state index in [1.165, 1.54) is 0 Å². The van der Waals surface area contributed by atoms with E-state index in [0.717, 1.165) is 12.8 Å². The highest BCUT2D eigenvalue weighted by atomic mass is 16.4. The highest BCUT2D eigenvalue weighted by Crippen LogP contribution is 2.42. The van der Waals surface area contributed by atoms with Crippen LogP contribution in [-0.4, -0.2) is 20.5 Å². The van der Waals surface area contributed by atoms with Gasteiger partial charge in [0.05, 0.1) is 11.1 Å². The van der Waals surface area contributed by atoms with Gasteiger partial charge < -0.3 is 15.2 Å². The van der Waals surface area contributed by atoms with E-state index >= 15 is 0 Å². The topological polar surface area (TPSA) is 80.6 Å². The molecule has 0 radical (unpaired) electrons. The van der Waals surface area contributed by atoms with Crippen molar-refractivity contribution in [2.24, 2.45) is 5.73 Å². The summed E-state index contributed by atoms with van der Waals surface area (Å²) in [7, 11) is 0. The number of carbonyl (C=O) groups is 1. The molecule has 2 aromatic heterocycles. The molecule has 2 aromatic rings. The number of hydrogen-bond donors (Lipinski definition) is 2. The molecule has 16 heavy (non-hydrogen) atoms. The molecule has 1 fully saturated rings. The first-order valence-electron chi connectivity index (χ1n) is 5.11. The molecule has 0 saturated heterocycles. The van der Waals surface area contributed by atoms with Crippen molar-refractivity contribution in [2.45, 2.75) is 18.4 Å². The summed E-state index contributed by atoms with van der Waals surface area (Å²) in [5.41, 5.74) is 6.31. The van der Waals surface area contributed by atoms with Gasteiger partial charge in [0.15, 0.2) is 5.69 Å². The fraction of sp³-hybridized carbons (Fsp3) is 0.273. The Morgan fingerprint density at radius 1 is 1.50 bits per heavy atom. The van der Waals surface area contributed by atoms with Crippen molar-refractivity contribution >= 4 is 11.5 Å². The van der Waals surface area contributed by atoms with Gasteiger partial charge in [-0.3, -0.25) is 0 Å². The molecule has 0 bridgehead atoms. The number of aromatic carboxylic acids is 1. The minimum absolute atomic E-state index is 0.0762. The van der Waals surface area contributed by atoms with Crippen LogP contribution in [0.2, 0.25) is 0 Å². The second kappa shape index (κ2) is 2.82. The van der Waals surface area contributed by atoms with Crippen LogP contribution in [0.1, 0.15) is 29.2 Å². The molecular formula is C11H11N3O2. The van der Waals surface area contributed by atoms with E-state index in [1.807, 2.05) is 6.07 Å². The number of imidazole rings is 1. The summed E-state index contributed by atoms with van der Waals surface area (Å²) >= 11 is 0. The van der Waals surface area contributed by atoms with Crippen molar-refractivity contribution in [3.63, 3.8) is 0 Å². The van der Waals surface area contributed by atoms with Gasteiger partial charge in [-0.25, -0.2) is 9.78 Å². The normalized spacial score (nSPS) is 17.6. The number of nitrogens with zero attached hydrogens (tertiary/aromatic N) is 2. The molecule has 3 N–H and O–H groups in total. The molecule has 1 aliphatic carbocycles. The highest BCUT2D eigenvalue weighted by molar-refractivity contribution is 5.93. The number of hydrogen-bond acceptors (Lipinski definition) is 3. The van der Waals surface area contributed by atoms with Crippen molar-refractivity contribution < 1.29 is 9.90 Å². The van der Waals surface area contributed by atoms with E-state index in [-0.39, 0.29) is 5.69 Å². The van der Waals surface area contributed by atoms with E-state index in [1.54, 1.807) is 22.7 Å². The number of carboxylic acids is 1. The first-order valence-corrected chi connectivity index (χ1v) is 5.11. The number of carboxylic acid groups (broad SMARTS) is 1. The Balaban J connectivity index is 2.34. The second-order valence-corrected chi connectivity index (χ2v) is 4.20. The monoisotopic (exact) mass is 217 g/mol. The van der Waals surface area contributed by atoms with E-state index in [2.05, 4.69) is 4.98 Å². The summed E-state index contributed by atoms with van der Waals surface area (Å²) in [6.07, 6.45) is 3.52. The van der Waals surface area contributed by atoms with Crippen LogP contribution in [0.5, 0.6) is 0 Å². The zero-order valence-corrected chi connectivity index (χ0v) is 8.55. The standard InChI is InChI=1S/C11H11N3O2/c12-11(4-5-11)10-13-8(9(15)16)7-3-1-2-6-14(7)10/h1-3,6H,4-5,12H2,(H,15,16). The Morgan fingerprint density at radius 3 is 2.88 bits per heavy atom. The predicted molar refractivity (Wildman–Crippen MR) is 57.3 cm³/mol. The third kappa shape index (κ3) is 1.15. The second-order valence-electron chi connectivity index (χ2n) is 4.20. The minimum atomic E-state index is -1.01. The molecule has 1 saturated carbocycles. The lowest BCUT2D eigenvalue weighted by atomic mass is 10.3. The van der Waals surface area contributed by atoms with Crippen LogP contribution in [0.15, 0.2) is 24.4 Å². The lowest BCUT2D eigenvalue weighted by molar-refractivity contribution is 0.0693. The Bertz CT molecular complexity index is 584. The molecule has 0 aliphatic heterocycles. The van der Waals surface area contributed by atoms with E-state index < -0.39 is 11.5 Å². The number of aromatic nitrogens is 2. The van der Waals surface area contributed by atoms with Gasteiger partial charge in [0.25, 0.3) is 0 Å². The third-order valence-electron chi connectivity index (χ3n) is 2.98. The van der Waals surface area contributed by atoms with Gasteiger partial charge in [-0.1, -0.05) is 6.07 Å². The molecule has 0 atom stereocenters. The smallest absolute Gasteiger partial charge is 0.356 e. The van der Waals surface area contributed by atoms with E-state index in [9.17, 15) is 4.79 Å². The van der Waals surface area contributed by atoms with Crippen LogP contribution in [0.4, 0.5) is 0 Å². The quantitative estimate of drug-likeness (QED) is 0.785. The molecule has 2 heterocycles. The summed E-state index contributed by atoms with van der Waals surface area (Å²) in [4.78, 5) is 15.2. The highest BCUT2D eigenvalue weighted by Gasteiger charge is 2.44. The number of pyridine rings is 1. The number of nitrogens with two attached hydrogens (primary N) is 1. The fourth-order valence-electron chi connectivity index (χ4n) is 1.90. The zero-order chi connectivity index (χ0) is 11.3. The molecular weight excluding hydrogens is 206 g/mol. The molecule has 0 amide bonds. The van der Waals surface area contributed by atoms with Crippen molar-refractivity contribution in [3.8, 4) is 0 Å². The lowest BCUT2D eigenvalue weighted by Crippen LogP contribution is -2.22. The first kappa shape index (κ1) is 9.35. The average molecular weight is 217 g/mol. The van der Waals surface area contributed by atoms with Crippen LogP contribution in [0.25, 0.3) is 5.52 Å². The Hall–Kier alpha value is -1.88. The maximum Gasteiger partial charge on any atom is 0.356 e. The van der Waals surface area contributed by atoms with E-state index in [4.69, 9.17) is 10.8 Å². The first-order chi connectivity index (χ1) is 7.62.